The van der Waals surface area contributed by atoms with Crippen LogP contribution in [-0.4, -0.2) is 47.0 Å². The van der Waals surface area contributed by atoms with Crippen LogP contribution in [0.4, 0.5) is 8.78 Å². The summed E-state index contributed by atoms with van der Waals surface area (Å²) in [4.78, 5) is 0. The first-order valence-electron chi connectivity index (χ1n) is 7.59. The van der Waals surface area contributed by atoms with Crippen molar-refractivity contribution in [2.24, 2.45) is 0 Å². The average Bonchev–Trinajstić information content (AvgIpc) is 3.21. The van der Waals surface area contributed by atoms with Crippen LogP contribution in [0.2, 0.25) is 0 Å². The Morgan fingerprint density at radius 2 is 1.77 bits per heavy atom. The molecule has 0 bridgehead atoms. The minimum Gasteiger partial charge on any atom is -0.435 e. The van der Waals surface area contributed by atoms with Crippen molar-refractivity contribution in [3.8, 4) is 11.4 Å². The molecule has 0 atom stereocenters. The molecule has 1 aromatic carbocycles. The number of rotatable bonds is 6. The standard InChI is InChI=1S/C14H16F2N8OS/c1-14(2,3)24-13(18-20-22-24)26-8-11-17-19-21-23(11)9-4-6-10(7-5-9)25-12(15)16/h4-7,12H,8H2,1-3H3. The summed E-state index contributed by atoms with van der Waals surface area (Å²) in [6, 6.07) is 6.06. The minimum absolute atomic E-state index is 0.0668. The van der Waals surface area contributed by atoms with Crippen LogP contribution in [0.15, 0.2) is 29.4 Å². The lowest BCUT2D eigenvalue weighted by molar-refractivity contribution is -0.0498. The first-order valence-corrected chi connectivity index (χ1v) is 8.57. The third kappa shape index (κ3) is 4.12. The fourth-order valence-electron chi connectivity index (χ4n) is 2.08. The van der Waals surface area contributed by atoms with E-state index in [4.69, 9.17) is 0 Å². The van der Waals surface area contributed by atoms with Crippen molar-refractivity contribution in [1.82, 2.24) is 40.4 Å². The van der Waals surface area contributed by atoms with Crippen molar-refractivity contribution >= 4 is 11.8 Å². The molecule has 0 aliphatic carbocycles. The van der Waals surface area contributed by atoms with E-state index in [-0.39, 0.29) is 11.3 Å². The second-order valence-corrected chi connectivity index (χ2v) is 7.15. The first kappa shape index (κ1) is 18.2. The van der Waals surface area contributed by atoms with E-state index in [9.17, 15) is 8.78 Å². The van der Waals surface area contributed by atoms with Crippen LogP contribution in [0.5, 0.6) is 5.75 Å². The Morgan fingerprint density at radius 3 is 2.42 bits per heavy atom. The van der Waals surface area contributed by atoms with Crippen molar-refractivity contribution in [3.05, 3.63) is 30.1 Å². The molecule has 2 aromatic heterocycles. The number of thioether (sulfide) groups is 1. The third-order valence-electron chi connectivity index (χ3n) is 3.25. The lowest BCUT2D eigenvalue weighted by atomic mass is 10.1. The van der Waals surface area contributed by atoms with E-state index < -0.39 is 6.61 Å². The van der Waals surface area contributed by atoms with E-state index in [0.717, 1.165) is 0 Å². The number of aromatic nitrogens is 8. The number of nitrogens with zero attached hydrogens (tertiary/aromatic N) is 8. The van der Waals surface area contributed by atoms with Gasteiger partial charge in [0.25, 0.3) is 0 Å². The summed E-state index contributed by atoms with van der Waals surface area (Å²) >= 11 is 1.40. The van der Waals surface area contributed by atoms with Crippen LogP contribution < -0.4 is 4.74 Å². The van der Waals surface area contributed by atoms with Crippen molar-refractivity contribution < 1.29 is 13.5 Å². The molecule has 0 radical (unpaired) electrons. The number of halogens is 2. The van der Waals surface area contributed by atoms with Crippen molar-refractivity contribution in [2.45, 2.75) is 43.8 Å². The Morgan fingerprint density at radius 1 is 1.08 bits per heavy atom. The summed E-state index contributed by atoms with van der Waals surface area (Å²) in [6.45, 7) is 3.14. The predicted molar refractivity (Wildman–Crippen MR) is 88.2 cm³/mol. The Kier molecular flexibility index (Phi) is 5.11. The first-order chi connectivity index (χ1) is 12.3. The molecular weight excluding hydrogens is 366 g/mol. The van der Waals surface area contributed by atoms with Crippen molar-refractivity contribution in [3.63, 3.8) is 0 Å². The van der Waals surface area contributed by atoms with Gasteiger partial charge in [0.1, 0.15) is 5.75 Å². The highest BCUT2D eigenvalue weighted by Gasteiger charge is 2.21. The highest BCUT2D eigenvalue weighted by Crippen LogP contribution is 2.25. The van der Waals surface area contributed by atoms with Gasteiger partial charge in [-0.2, -0.15) is 13.5 Å². The van der Waals surface area contributed by atoms with Gasteiger partial charge in [-0.25, -0.2) is 4.68 Å². The van der Waals surface area contributed by atoms with E-state index in [2.05, 4.69) is 35.8 Å². The zero-order chi connectivity index (χ0) is 18.7. The summed E-state index contributed by atoms with van der Waals surface area (Å²) in [5.41, 5.74) is 0.376. The Labute approximate surface area is 151 Å². The number of ether oxygens (including phenoxy) is 1. The predicted octanol–water partition coefficient (Wildman–Crippen LogP) is 2.30. The SMILES string of the molecule is CC(C)(C)n1nnnc1SCc1nnnn1-c1ccc(OC(F)F)cc1. The molecule has 0 saturated carbocycles. The molecule has 9 nitrogen and oxygen atoms in total. The fourth-order valence-corrected chi connectivity index (χ4v) is 3.05. The molecule has 0 fully saturated rings. The normalized spacial score (nSPS) is 11.9. The lowest BCUT2D eigenvalue weighted by Gasteiger charge is -2.19. The molecule has 26 heavy (non-hydrogen) atoms. The van der Waals surface area contributed by atoms with Gasteiger partial charge < -0.3 is 4.74 Å². The number of hydrogen-bond donors (Lipinski definition) is 0. The van der Waals surface area contributed by atoms with Crippen LogP contribution in [-0.2, 0) is 11.3 Å². The van der Waals surface area contributed by atoms with Crippen molar-refractivity contribution in [2.75, 3.05) is 0 Å². The monoisotopic (exact) mass is 382 g/mol. The maximum absolute atomic E-state index is 12.2. The summed E-state index contributed by atoms with van der Waals surface area (Å²) in [6.07, 6.45) is 0. The van der Waals surface area contributed by atoms with Crippen LogP contribution in [0.1, 0.15) is 26.6 Å². The largest absolute Gasteiger partial charge is 0.435 e. The molecule has 0 spiro atoms. The van der Waals surface area contributed by atoms with E-state index in [1.807, 2.05) is 20.8 Å². The van der Waals surface area contributed by atoms with Gasteiger partial charge in [-0.05, 0) is 65.9 Å². The molecule has 0 N–H and O–H groups in total. The maximum Gasteiger partial charge on any atom is 0.387 e. The van der Waals surface area contributed by atoms with Crippen molar-refractivity contribution in [1.29, 1.82) is 0 Å². The van der Waals surface area contributed by atoms with Gasteiger partial charge in [0.05, 0.1) is 17.0 Å². The van der Waals surface area contributed by atoms with Crippen LogP contribution in [0.25, 0.3) is 5.69 Å². The molecule has 0 unspecified atom stereocenters. The summed E-state index contributed by atoms with van der Waals surface area (Å²) < 4.78 is 32.0. The Bertz CT molecular complexity index is 858. The van der Waals surface area contributed by atoms with E-state index >= 15 is 0 Å². The average molecular weight is 382 g/mol. The number of alkyl halides is 2. The number of hydrogen-bond acceptors (Lipinski definition) is 8. The third-order valence-corrected chi connectivity index (χ3v) is 4.16. The summed E-state index contributed by atoms with van der Waals surface area (Å²) in [5.74, 6) is 1.07. The van der Waals surface area contributed by atoms with Crippen LogP contribution >= 0.6 is 11.8 Å². The molecule has 0 amide bonds. The van der Waals surface area contributed by atoms with E-state index in [1.54, 1.807) is 16.8 Å². The minimum atomic E-state index is -2.87. The Balaban J connectivity index is 1.74. The van der Waals surface area contributed by atoms with Gasteiger partial charge in [-0.15, -0.1) is 10.2 Å². The molecular formula is C14H16F2N8OS. The fraction of sp³-hybridized carbons (Fsp3) is 0.429. The zero-order valence-corrected chi connectivity index (χ0v) is 15.1. The second-order valence-electron chi connectivity index (χ2n) is 6.21. The van der Waals surface area contributed by atoms with Gasteiger partial charge in [-0.3, -0.25) is 0 Å². The topological polar surface area (TPSA) is 96.4 Å². The van der Waals surface area contributed by atoms with Gasteiger partial charge >= 0.3 is 6.61 Å². The maximum atomic E-state index is 12.2. The van der Waals surface area contributed by atoms with Crippen LogP contribution in [0.3, 0.4) is 0 Å². The smallest absolute Gasteiger partial charge is 0.387 e. The molecule has 3 rings (SSSR count). The summed E-state index contributed by atoms with van der Waals surface area (Å²) in [5, 5.41) is 24.0. The molecule has 0 aliphatic heterocycles. The highest BCUT2D eigenvalue weighted by atomic mass is 32.2. The number of benzene rings is 1. The lowest BCUT2D eigenvalue weighted by Crippen LogP contribution is -2.24. The summed E-state index contributed by atoms with van der Waals surface area (Å²) in [7, 11) is 0. The highest BCUT2D eigenvalue weighted by molar-refractivity contribution is 7.98. The van der Waals surface area contributed by atoms with Gasteiger partial charge in [-0.1, -0.05) is 11.8 Å². The molecule has 3 aromatic rings. The molecule has 12 heteroatoms. The molecule has 0 aliphatic rings. The van der Waals surface area contributed by atoms with E-state index in [1.165, 1.54) is 28.6 Å². The van der Waals surface area contributed by atoms with Gasteiger partial charge in [0, 0.05) is 0 Å². The molecule has 0 saturated heterocycles. The molecule has 2 heterocycles. The quantitative estimate of drug-likeness (QED) is 0.599. The molecule has 138 valence electrons. The van der Waals surface area contributed by atoms with E-state index in [0.29, 0.717) is 22.4 Å². The Hall–Kier alpha value is -2.63. The van der Waals surface area contributed by atoms with Gasteiger partial charge in [0.2, 0.25) is 5.16 Å². The van der Waals surface area contributed by atoms with Gasteiger partial charge in [0.15, 0.2) is 5.82 Å². The van der Waals surface area contributed by atoms with Crippen LogP contribution in [0, 0.1) is 0 Å². The number of tetrazole rings is 2. The second kappa shape index (κ2) is 7.32. The zero-order valence-electron chi connectivity index (χ0n) is 14.2.